The average molecular weight is 288 g/mol. The van der Waals surface area contributed by atoms with Crippen LogP contribution in [-0.2, 0) is 21.6 Å². The van der Waals surface area contributed by atoms with Gasteiger partial charge < -0.3 is 14.0 Å². The van der Waals surface area contributed by atoms with Gasteiger partial charge in [-0.05, 0) is 31.9 Å². The van der Waals surface area contributed by atoms with Gasteiger partial charge in [0.15, 0.2) is 6.61 Å². The molecule has 0 atom stereocenters. The highest BCUT2D eigenvalue weighted by molar-refractivity contribution is 5.85. The van der Waals surface area contributed by atoms with Gasteiger partial charge in [-0.15, -0.1) is 0 Å². The molecule has 0 N–H and O–H groups in total. The van der Waals surface area contributed by atoms with Crippen LogP contribution in [0.3, 0.4) is 0 Å². The molecular weight excluding hydrogens is 272 g/mol. The first-order chi connectivity index (χ1) is 10.2. The van der Waals surface area contributed by atoms with Gasteiger partial charge in [0.1, 0.15) is 11.2 Å². The number of benzene rings is 1. The van der Waals surface area contributed by atoms with E-state index in [0.29, 0.717) is 31.2 Å². The molecule has 6 nitrogen and oxygen atoms in total. The fourth-order valence-electron chi connectivity index (χ4n) is 2.07. The maximum Gasteiger partial charge on any atom is 0.321 e. The minimum Gasteiger partial charge on any atom is -0.485 e. The summed E-state index contributed by atoms with van der Waals surface area (Å²) in [7, 11) is 0. The predicted octanol–water partition coefficient (Wildman–Crippen LogP) is 2.24. The summed E-state index contributed by atoms with van der Waals surface area (Å²) in [6.45, 7) is 2.33. The summed E-state index contributed by atoms with van der Waals surface area (Å²) in [5.41, 5.74) is -0.728. The lowest BCUT2D eigenvalue weighted by atomic mass is 10.1. The second kappa shape index (κ2) is 5.55. The highest BCUT2D eigenvalue weighted by Crippen LogP contribution is 2.48. The zero-order valence-electron chi connectivity index (χ0n) is 11.7. The van der Waals surface area contributed by atoms with Gasteiger partial charge in [-0.25, -0.2) is 0 Å². The third-order valence-corrected chi connectivity index (χ3v) is 3.40. The molecule has 2 aromatic rings. The van der Waals surface area contributed by atoms with Gasteiger partial charge in [-0.3, -0.25) is 4.79 Å². The van der Waals surface area contributed by atoms with Crippen molar-refractivity contribution in [2.75, 3.05) is 6.61 Å². The van der Waals surface area contributed by atoms with Crippen LogP contribution in [0.2, 0.25) is 0 Å². The Balaban J connectivity index is 1.65. The van der Waals surface area contributed by atoms with E-state index in [-0.39, 0.29) is 12.6 Å². The fourth-order valence-corrected chi connectivity index (χ4v) is 2.07. The quantitative estimate of drug-likeness (QED) is 0.759. The third kappa shape index (κ3) is 2.74. The maximum absolute atomic E-state index is 11.9. The molecule has 1 aromatic heterocycles. The van der Waals surface area contributed by atoms with E-state index >= 15 is 0 Å². The molecule has 1 aliphatic carbocycles. The second-order valence-electron chi connectivity index (χ2n) is 4.92. The molecular formula is C15H16N2O4. The first-order valence-corrected chi connectivity index (χ1v) is 6.93. The first-order valence-electron chi connectivity index (χ1n) is 6.93. The third-order valence-electron chi connectivity index (χ3n) is 3.40. The minimum absolute atomic E-state index is 0.201. The standard InChI is InChI=1S/C15H16N2O4/c1-2-19-14(18)15(8-9-15)13-16-12(17-21-13)10-20-11-6-4-3-5-7-11/h3-7H,2,8-10H2,1H3. The molecule has 110 valence electrons. The van der Waals surface area contributed by atoms with Crippen molar-refractivity contribution < 1.29 is 18.8 Å². The maximum atomic E-state index is 11.9. The van der Waals surface area contributed by atoms with Crippen LogP contribution in [0.4, 0.5) is 0 Å². The Labute approximate surface area is 122 Å². The number of para-hydroxylation sites is 1. The Morgan fingerprint density at radius 1 is 1.33 bits per heavy atom. The van der Waals surface area contributed by atoms with Crippen LogP contribution in [0.25, 0.3) is 0 Å². The van der Waals surface area contributed by atoms with Gasteiger partial charge >= 0.3 is 5.97 Å². The summed E-state index contributed by atoms with van der Waals surface area (Å²) < 4.78 is 15.8. The van der Waals surface area contributed by atoms with Crippen molar-refractivity contribution in [2.45, 2.75) is 31.8 Å². The fraction of sp³-hybridized carbons (Fsp3) is 0.400. The topological polar surface area (TPSA) is 74.5 Å². The van der Waals surface area contributed by atoms with Crippen molar-refractivity contribution in [3.05, 3.63) is 42.0 Å². The van der Waals surface area contributed by atoms with E-state index in [0.717, 1.165) is 5.75 Å². The molecule has 1 heterocycles. The monoisotopic (exact) mass is 288 g/mol. The van der Waals surface area contributed by atoms with Crippen LogP contribution in [0.15, 0.2) is 34.9 Å². The normalized spacial score (nSPS) is 15.5. The second-order valence-corrected chi connectivity index (χ2v) is 4.92. The number of hydrogen-bond donors (Lipinski definition) is 0. The SMILES string of the molecule is CCOC(=O)C1(c2nc(COc3ccccc3)no2)CC1. The van der Waals surface area contributed by atoms with E-state index in [1.54, 1.807) is 6.92 Å². The molecule has 0 radical (unpaired) electrons. The van der Waals surface area contributed by atoms with Gasteiger partial charge in [-0.2, -0.15) is 4.98 Å². The van der Waals surface area contributed by atoms with Gasteiger partial charge in [0.05, 0.1) is 6.61 Å². The summed E-state index contributed by atoms with van der Waals surface area (Å²) in [4.78, 5) is 16.2. The summed E-state index contributed by atoms with van der Waals surface area (Å²) in [5.74, 6) is 1.19. The van der Waals surface area contributed by atoms with Crippen molar-refractivity contribution in [3.63, 3.8) is 0 Å². The number of rotatable bonds is 6. The van der Waals surface area contributed by atoms with Crippen molar-refractivity contribution >= 4 is 5.97 Å². The summed E-state index contributed by atoms with van der Waals surface area (Å²) in [6, 6.07) is 9.38. The number of esters is 1. The van der Waals surface area contributed by atoms with Gasteiger partial charge in [0.25, 0.3) is 0 Å². The van der Waals surface area contributed by atoms with E-state index in [1.165, 1.54) is 0 Å². The molecule has 0 saturated heterocycles. The van der Waals surface area contributed by atoms with Crippen molar-refractivity contribution in [1.29, 1.82) is 0 Å². The number of nitrogens with zero attached hydrogens (tertiary/aromatic N) is 2. The Hall–Kier alpha value is -2.37. The van der Waals surface area contributed by atoms with Crippen LogP contribution < -0.4 is 4.74 Å². The molecule has 0 unspecified atom stereocenters. The molecule has 0 amide bonds. The zero-order chi connectivity index (χ0) is 14.7. The Morgan fingerprint density at radius 3 is 2.76 bits per heavy atom. The number of carbonyl (C=O) groups is 1. The molecule has 0 aliphatic heterocycles. The zero-order valence-corrected chi connectivity index (χ0v) is 11.7. The van der Waals surface area contributed by atoms with E-state index in [9.17, 15) is 4.79 Å². The number of hydrogen-bond acceptors (Lipinski definition) is 6. The van der Waals surface area contributed by atoms with Crippen molar-refractivity contribution in [2.24, 2.45) is 0 Å². The summed E-state index contributed by atoms with van der Waals surface area (Å²) in [6.07, 6.45) is 1.38. The molecule has 1 fully saturated rings. The first kappa shape index (κ1) is 13.6. The highest BCUT2D eigenvalue weighted by atomic mass is 16.5. The largest absolute Gasteiger partial charge is 0.485 e. The Bertz CT molecular complexity index is 620. The lowest BCUT2D eigenvalue weighted by Crippen LogP contribution is -2.23. The number of ether oxygens (including phenoxy) is 2. The van der Waals surface area contributed by atoms with E-state index < -0.39 is 5.41 Å². The van der Waals surface area contributed by atoms with Gasteiger partial charge in [0.2, 0.25) is 11.7 Å². The number of carbonyl (C=O) groups excluding carboxylic acids is 1. The van der Waals surface area contributed by atoms with Crippen LogP contribution >= 0.6 is 0 Å². The van der Waals surface area contributed by atoms with Crippen molar-refractivity contribution in [3.8, 4) is 5.75 Å². The van der Waals surface area contributed by atoms with E-state index in [1.807, 2.05) is 30.3 Å². The van der Waals surface area contributed by atoms with Crippen LogP contribution in [-0.4, -0.2) is 22.7 Å². The Kier molecular flexibility index (Phi) is 3.60. The average Bonchev–Trinajstić information content (AvgIpc) is 3.19. The molecule has 21 heavy (non-hydrogen) atoms. The van der Waals surface area contributed by atoms with Crippen LogP contribution in [0, 0.1) is 0 Å². The molecule has 0 spiro atoms. The molecule has 0 bridgehead atoms. The Morgan fingerprint density at radius 2 is 2.10 bits per heavy atom. The molecule has 1 saturated carbocycles. The molecule has 1 aromatic carbocycles. The lowest BCUT2D eigenvalue weighted by Gasteiger charge is -2.08. The molecule has 3 rings (SSSR count). The van der Waals surface area contributed by atoms with E-state index in [4.69, 9.17) is 14.0 Å². The summed E-state index contributed by atoms with van der Waals surface area (Å²) in [5, 5.41) is 3.86. The van der Waals surface area contributed by atoms with Crippen LogP contribution in [0.5, 0.6) is 5.75 Å². The minimum atomic E-state index is -0.728. The highest BCUT2D eigenvalue weighted by Gasteiger charge is 2.57. The van der Waals surface area contributed by atoms with Gasteiger partial charge in [0, 0.05) is 0 Å². The molecule has 6 heteroatoms. The number of aromatic nitrogens is 2. The smallest absolute Gasteiger partial charge is 0.321 e. The predicted molar refractivity (Wildman–Crippen MR) is 72.6 cm³/mol. The lowest BCUT2D eigenvalue weighted by molar-refractivity contribution is -0.146. The van der Waals surface area contributed by atoms with Gasteiger partial charge in [-0.1, -0.05) is 23.4 Å². The van der Waals surface area contributed by atoms with E-state index in [2.05, 4.69) is 10.1 Å². The van der Waals surface area contributed by atoms with Crippen LogP contribution in [0.1, 0.15) is 31.5 Å². The summed E-state index contributed by atoms with van der Waals surface area (Å²) >= 11 is 0. The molecule has 1 aliphatic rings. The van der Waals surface area contributed by atoms with Crippen molar-refractivity contribution in [1.82, 2.24) is 10.1 Å².